The van der Waals surface area contributed by atoms with Crippen LogP contribution < -0.4 is 19.5 Å². The summed E-state index contributed by atoms with van der Waals surface area (Å²) in [7, 11) is 4.79. The summed E-state index contributed by atoms with van der Waals surface area (Å²) >= 11 is 0. The molecule has 2 aromatic carbocycles. The number of benzene rings is 2. The Morgan fingerprint density at radius 3 is 2.28 bits per heavy atom. The van der Waals surface area contributed by atoms with Crippen molar-refractivity contribution in [3.05, 3.63) is 53.6 Å². The highest BCUT2D eigenvalue weighted by Gasteiger charge is 2.41. The first-order valence-corrected chi connectivity index (χ1v) is 10.9. The summed E-state index contributed by atoms with van der Waals surface area (Å²) in [6, 6.07) is 12.6. The first kappa shape index (κ1) is 23.4. The van der Waals surface area contributed by atoms with Crippen molar-refractivity contribution >= 4 is 11.8 Å². The second kappa shape index (κ2) is 10.9. The lowest BCUT2D eigenvalue weighted by Gasteiger charge is -2.21. The van der Waals surface area contributed by atoms with Crippen LogP contribution in [0, 0.1) is 5.92 Å². The molecule has 1 N–H and O–H groups in total. The predicted molar refractivity (Wildman–Crippen MR) is 123 cm³/mol. The Kier molecular flexibility index (Phi) is 7.98. The van der Waals surface area contributed by atoms with Crippen molar-refractivity contribution in [3.63, 3.8) is 0 Å². The Morgan fingerprint density at radius 2 is 1.66 bits per heavy atom. The Morgan fingerprint density at radius 1 is 0.969 bits per heavy atom. The van der Waals surface area contributed by atoms with E-state index in [2.05, 4.69) is 12.2 Å². The summed E-state index contributed by atoms with van der Waals surface area (Å²) in [5.41, 5.74) is 1.47. The van der Waals surface area contributed by atoms with E-state index in [1.807, 2.05) is 18.2 Å². The molecule has 1 saturated heterocycles. The minimum atomic E-state index is -0.364. The third-order valence-electron chi connectivity index (χ3n) is 5.95. The number of methoxy groups -OCH3 is 3. The van der Waals surface area contributed by atoms with Gasteiger partial charge >= 0.3 is 0 Å². The summed E-state index contributed by atoms with van der Waals surface area (Å²) < 4.78 is 16.1. The topological polar surface area (TPSA) is 77.1 Å². The van der Waals surface area contributed by atoms with E-state index in [4.69, 9.17) is 14.2 Å². The van der Waals surface area contributed by atoms with Gasteiger partial charge in [-0.25, -0.2) is 0 Å². The lowest BCUT2D eigenvalue weighted by molar-refractivity contribution is -0.124. The van der Waals surface area contributed by atoms with Gasteiger partial charge < -0.3 is 24.4 Å². The van der Waals surface area contributed by atoms with Gasteiger partial charge in [0, 0.05) is 42.7 Å². The molecule has 1 heterocycles. The minimum Gasteiger partial charge on any atom is -0.497 e. The van der Waals surface area contributed by atoms with Gasteiger partial charge in [0.15, 0.2) is 0 Å². The number of carbonyl (C=O) groups is 2. The molecule has 1 aliphatic heterocycles. The lowest BCUT2D eigenvalue weighted by Crippen LogP contribution is -2.36. The fraction of sp³-hybridized carbons (Fsp3) is 0.440. The standard InChI is InChI=1S/C25H32N2O5/c1-5-6-13-26-24(28)22-16-27(25(29)17-7-9-18(30-2)10-8-17)15-21(22)20-12-11-19(31-3)14-23(20)32-4/h7-12,14,21-22H,5-6,13,15-16H2,1-4H3,(H,26,28). The van der Waals surface area contributed by atoms with E-state index in [1.54, 1.807) is 50.5 Å². The van der Waals surface area contributed by atoms with Crippen molar-refractivity contribution in [2.24, 2.45) is 5.92 Å². The lowest BCUT2D eigenvalue weighted by atomic mass is 9.87. The number of hydrogen-bond acceptors (Lipinski definition) is 5. The summed E-state index contributed by atoms with van der Waals surface area (Å²) in [5, 5.41) is 3.04. The Balaban J connectivity index is 1.88. The van der Waals surface area contributed by atoms with Crippen LogP contribution in [-0.2, 0) is 4.79 Å². The van der Waals surface area contributed by atoms with Gasteiger partial charge in [0.05, 0.1) is 27.2 Å². The average Bonchev–Trinajstić information content (AvgIpc) is 3.28. The molecule has 7 nitrogen and oxygen atoms in total. The minimum absolute atomic E-state index is 0.0358. The van der Waals surface area contributed by atoms with Gasteiger partial charge in [0.2, 0.25) is 5.91 Å². The molecule has 0 bridgehead atoms. The number of nitrogens with zero attached hydrogens (tertiary/aromatic N) is 1. The van der Waals surface area contributed by atoms with Crippen LogP contribution in [0.2, 0.25) is 0 Å². The Hall–Kier alpha value is -3.22. The maximum absolute atomic E-state index is 13.2. The van der Waals surface area contributed by atoms with Gasteiger partial charge in [-0.3, -0.25) is 9.59 Å². The number of amides is 2. The molecule has 0 aromatic heterocycles. The van der Waals surface area contributed by atoms with Crippen LogP contribution in [0.5, 0.6) is 17.2 Å². The van der Waals surface area contributed by atoms with E-state index in [-0.39, 0.29) is 23.7 Å². The van der Waals surface area contributed by atoms with Crippen LogP contribution in [0.3, 0.4) is 0 Å². The number of nitrogens with one attached hydrogen (secondary N) is 1. The molecule has 0 radical (unpaired) electrons. The first-order chi connectivity index (χ1) is 15.5. The molecular weight excluding hydrogens is 408 g/mol. The van der Waals surface area contributed by atoms with Gasteiger partial charge in [-0.15, -0.1) is 0 Å². The molecule has 172 valence electrons. The van der Waals surface area contributed by atoms with Crippen LogP contribution in [0.15, 0.2) is 42.5 Å². The summed E-state index contributed by atoms with van der Waals surface area (Å²) in [5.74, 6) is 1.34. The highest BCUT2D eigenvalue weighted by atomic mass is 16.5. The predicted octanol–water partition coefficient (Wildman–Crippen LogP) is 3.48. The quantitative estimate of drug-likeness (QED) is 0.604. The van der Waals surface area contributed by atoms with Crippen molar-refractivity contribution in [1.82, 2.24) is 10.2 Å². The molecule has 2 atom stereocenters. The molecule has 2 aromatic rings. The van der Waals surface area contributed by atoms with Crippen molar-refractivity contribution in [1.29, 1.82) is 0 Å². The third kappa shape index (κ3) is 5.15. The number of hydrogen-bond donors (Lipinski definition) is 1. The molecule has 0 saturated carbocycles. The van der Waals surface area contributed by atoms with Gasteiger partial charge in [0.1, 0.15) is 17.2 Å². The molecule has 7 heteroatoms. The highest BCUT2D eigenvalue weighted by Crippen LogP contribution is 2.39. The fourth-order valence-electron chi connectivity index (χ4n) is 4.11. The van der Waals surface area contributed by atoms with Crippen molar-refractivity contribution in [2.45, 2.75) is 25.7 Å². The summed E-state index contributed by atoms with van der Waals surface area (Å²) in [6.07, 6.45) is 1.92. The SMILES string of the molecule is CCCCNC(=O)C1CN(C(=O)c2ccc(OC)cc2)CC1c1ccc(OC)cc1OC. The monoisotopic (exact) mass is 440 g/mol. The van der Waals surface area contributed by atoms with E-state index >= 15 is 0 Å². The summed E-state index contributed by atoms with van der Waals surface area (Å²) in [6.45, 7) is 3.49. The number of unbranched alkanes of at least 4 members (excludes halogenated alkanes) is 1. The molecule has 32 heavy (non-hydrogen) atoms. The smallest absolute Gasteiger partial charge is 0.253 e. The zero-order chi connectivity index (χ0) is 23.1. The van der Waals surface area contributed by atoms with E-state index < -0.39 is 0 Å². The molecule has 0 aliphatic carbocycles. The van der Waals surface area contributed by atoms with Crippen LogP contribution in [0.25, 0.3) is 0 Å². The second-order valence-corrected chi connectivity index (χ2v) is 7.90. The van der Waals surface area contributed by atoms with Gasteiger partial charge in [0.25, 0.3) is 5.91 Å². The Labute approximate surface area is 189 Å². The Bertz CT molecular complexity index is 928. The molecule has 0 spiro atoms. The summed E-state index contributed by atoms with van der Waals surface area (Å²) in [4.78, 5) is 28.0. The maximum Gasteiger partial charge on any atom is 0.253 e. The molecule has 1 aliphatic rings. The first-order valence-electron chi connectivity index (χ1n) is 10.9. The molecular formula is C25H32N2O5. The third-order valence-corrected chi connectivity index (χ3v) is 5.95. The number of ether oxygens (including phenoxy) is 3. The molecule has 2 unspecified atom stereocenters. The zero-order valence-electron chi connectivity index (χ0n) is 19.2. The average molecular weight is 441 g/mol. The van der Waals surface area contributed by atoms with Gasteiger partial charge in [-0.05, 0) is 36.8 Å². The van der Waals surface area contributed by atoms with Crippen LogP contribution in [0.4, 0.5) is 0 Å². The van der Waals surface area contributed by atoms with E-state index in [0.717, 1.165) is 18.4 Å². The fourth-order valence-corrected chi connectivity index (χ4v) is 4.11. The van der Waals surface area contributed by atoms with E-state index in [9.17, 15) is 9.59 Å². The van der Waals surface area contributed by atoms with Crippen LogP contribution in [0.1, 0.15) is 41.6 Å². The van der Waals surface area contributed by atoms with Crippen LogP contribution >= 0.6 is 0 Å². The number of carbonyl (C=O) groups excluding carboxylic acids is 2. The van der Waals surface area contributed by atoms with E-state index in [1.165, 1.54) is 0 Å². The van der Waals surface area contributed by atoms with Gasteiger partial charge in [-0.1, -0.05) is 19.4 Å². The largest absolute Gasteiger partial charge is 0.497 e. The van der Waals surface area contributed by atoms with Crippen molar-refractivity contribution in [3.8, 4) is 17.2 Å². The van der Waals surface area contributed by atoms with E-state index in [0.29, 0.717) is 42.4 Å². The highest BCUT2D eigenvalue weighted by molar-refractivity contribution is 5.95. The van der Waals surface area contributed by atoms with Crippen molar-refractivity contribution in [2.75, 3.05) is 41.0 Å². The maximum atomic E-state index is 13.2. The molecule has 3 rings (SSSR count). The number of likely N-dealkylation sites (tertiary alicyclic amines) is 1. The molecule has 1 fully saturated rings. The van der Waals surface area contributed by atoms with Crippen LogP contribution in [-0.4, -0.2) is 57.7 Å². The number of rotatable bonds is 9. The normalized spacial score (nSPS) is 17.7. The molecule has 2 amide bonds. The van der Waals surface area contributed by atoms with Crippen molar-refractivity contribution < 1.29 is 23.8 Å². The second-order valence-electron chi connectivity index (χ2n) is 7.90. The van der Waals surface area contributed by atoms with Gasteiger partial charge in [-0.2, -0.15) is 0 Å². The zero-order valence-corrected chi connectivity index (χ0v) is 19.2.